The molecule has 0 radical (unpaired) electrons. The zero-order valence-electron chi connectivity index (χ0n) is 25.9. The van der Waals surface area contributed by atoms with E-state index in [1.807, 2.05) is 6.26 Å². The summed E-state index contributed by atoms with van der Waals surface area (Å²) in [6.07, 6.45) is 7.15. The molecule has 0 aliphatic heterocycles. The maximum Gasteiger partial charge on any atom is 0.319 e. The van der Waals surface area contributed by atoms with Gasteiger partial charge in [-0.1, -0.05) is 116 Å². The molecule has 0 saturated carbocycles. The first-order valence-electron chi connectivity index (χ1n) is 14.5. The van der Waals surface area contributed by atoms with Gasteiger partial charge in [0.2, 0.25) is 8.32 Å². The second-order valence-corrected chi connectivity index (χ2v) is 23.0. The monoisotopic (exact) mass is 562 g/mol. The second-order valence-electron chi connectivity index (χ2n) is 14.0. The van der Waals surface area contributed by atoms with Crippen LogP contribution in [0.5, 0.6) is 0 Å². The van der Waals surface area contributed by atoms with Crippen molar-refractivity contribution >= 4 is 32.8 Å². The van der Waals surface area contributed by atoms with Gasteiger partial charge in [-0.2, -0.15) is 0 Å². The lowest BCUT2D eigenvalue weighted by Gasteiger charge is -2.43. The van der Waals surface area contributed by atoms with E-state index in [2.05, 4.69) is 141 Å². The standard InChI is InChI=1S/C34H50O3Si2/c1-26(2)32-25-29(24-28(35)23-27(32)21-22-36-38(9,10)33(3,4)5)37-39(34(6,7)8,30-17-13-11-14-18-30)31-19-15-12-16-20-31/h11-22,25-27,32H,23-24H2,1-10H3/b22-21+/t27-,32-/m0/s1. The molecule has 0 unspecified atom stereocenters. The molecule has 0 aromatic heterocycles. The summed E-state index contributed by atoms with van der Waals surface area (Å²) in [4.78, 5) is 13.4. The number of allylic oxidation sites excluding steroid dienone is 3. The van der Waals surface area contributed by atoms with E-state index in [0.717, 1.165) is 5.76 Å². The Balaban J connectivity index is 2.07. The van der Waals surface area contributed by atoms with Crippen LogP contribution in [-0.2, 0) is 13.6 Å². The SMILES string of the molecule is CC(C)[C@@H]1C=C(O[Si](c2ccccc2)(c2ccccc2)C(C)(C)C)CC(=O)C[C@@H]1/C=C/O[Si](C)(C)C(C)(C)C. The molecule has 2 aromatic carbocycles. The Morgan fingerprint density at radius 3 is 1.79 bits per heavy atom. The highest BCUT2D eigenvalue weighted by Gasteiger charge is 2.52. The van der Waals surface area contributed by atoms with E-state index in [9.17, 15) is 4.79 Å². The molecule has 0 N–H and O–H groups in total. The predicted octanol–water partition coefficient (Wildman–Crippen LogP) is 8.23. The average molecular weight is 563 g/mol. The number of hydrogen-bond donors (Lipinski definition) is 0. The van der Waals surface area contributed by atoms with Gasteiger partial charge in [-0.25, -0.2) is 0 Å². The van der Waals surface area contributed by atoms with Gasteiger partial charge in [-0.15, -0.1) is 0 Å². The minimum Gasteiger partial charge on any atom is -0.549 e. The van der Waals surface area contributed by atoms with E-state index < -0.39 is 16.6 Å². The van der Waals surface area contributed by atoms with Gasteiger partial charge in [0.25, 0.3) is 0 Å². The first-order valence-corrected chi connectivity index (χ1v) is 19.3. The van der Waals surface area contributed by atoms with Crippen LogP contribution in [0, 0.1) is 17.8 Å². The highest BCUT2D eigenvalue weighted by molar-refractivity contribution is 6.99. The summed E-state index contributed by atoms with van der Waals surface area (Å²) in [6.45, 7) is 22.6. The lowest BCUT2D eigenvalue weighted by atomic mass is 9.81. The lowest BCUT2D eigenvalue weighted by molar-refractivity contribution is -0.119. The van der Waals surface area contributed by atoms with E-state index in [1.54, 1.807) is 0 Å². The van der Waals surface area contributed by atoms with Crippen LogP contribution in [0.2, 0.25) is 23.2 Å². The van der Waals surface area contributed by atoms with Gasteiger partial charge in [0.15, 0.2) is 0 Å². The molecular formula is C34H50O3Si2. The first-order chi connectivity index (χ1) is 18.1. The first kappa shape index (κ1) is 31.2. The van der Waals surface area contributed by atoms with Gasteiger partial charge in [-0.3, -0.25) is 4.79 Å². The Morgan fingerprint density at radius 2 is 1.36 bits per heavy atom. The molecule has 0 bridgehead atoms. The van der Waals surface area contributed by atoms with Crippen molar-refractivity contribution in [2.24, 2.45) is 17.8 Å². The number of hydrogen-bond acceptors (Lipinski definition) is 3. The van der Waals surface area contributed by atoms with Gasteiger partial charge in [0.1, 0.15) is 5.78 Å². The normalized spacial score (nSPS) is 19.7. The van der Waals surface area contributed by atoms with Crippen LogP contribution in [0.4, 0.5) is 0 Å². The number of rotatable bonds is 8. The van der Waals surface area contributed by atoms with Crippen molar-refractivity contribution in [3.63, 3.8) is 0 Å². The topological polar surface area (TPSA) is 35.5 Å². The van der Waals surface area contributed by atoms with E-state index in [4.69, 9.17) is 8.85 Å². The third-order valence-corrected chi connectivity index (χ3v) is 18.0. The van der Waals surface area contributed by atoms with E-state index in [-0.39, 0.29) is 27.7 Å². The van der Waals surface area contributed by atoms with Crippen LogP contribution in [0.1, 0.15) is 68.2 Å². The largest absolute Gasteiger partial charge is 0.549 e. The summed E-state index contributed by atoms with van der Waals surface area (Å²) in [5.74, 6) is 1.68. The third-order valence-electron chi connectivity index (χ3n) is 8.67. The van der Waals surface area contributed by atoms with Crippen LogP contribution in [0.3, 0.4) is 0 Å². The lowest BCUT2D eigenvalue weighted by Crippen LogP contribution is -2.66. The fraction of sp³-hybridized carbons (Fsp3) is 0.500. The van der Waals surface area contributed by atoms with Crippen molar-refractivity contribution in [3.05, 3.63) is 84.8 Å². The molecule has 39 heavy (non-hydrogen) atoms. The molecule has 2 atom stereocenters. The van der Waals surface area contributed by atoms with Crippen molar-refractivity contribution in [2.45, 2.75) is 91.4 Å². The van der Waals surface area contributed by atoms with Crippen LogP contribution in [0.25, 0.3) is 0 Å². The maximum absolute atomic E-state index is 13.4. The molecular weight excluding hydrogens is 513 g/mol. The smallest absolute Gasteiger partial charge is 0.319 e. The maximum atomic E-state index is 13.4. The van der Waals surface area contributed by atoms with Gasteiger partial charge in [0.05, 0.1) is 18.4 Å². The van der Waals surface area contributed by atoms with Crippen molar-refractivity contribution in [1.29, 1.82) is 0 Å². The van der Waals surface area contributed by atoms with Crippen LogP contribution >= 0.6 is 0 Å². The molecule has 3 nitrogen and oxygen atoms in total. The molecule has 212 valence electrons. The molecule has 0 saturated heterocycles. The molecule has 0 amide bonds. The minimum atomic E-state index is -2.80. The summed E-state index contributed by atoms with van der Waals surface area (Å²) in [5, 5.41) is 2.42. The van der Waals surface area contributed by atoms with Crippen molar-refractivity contribution in [2.75, 3.05) is 0 Å². The van der Waals surface area contributed by atoms with Crippen molar-refractivity contribution < 1.29 is 13.6 Å². The van der Waals surface area contributed by atoms with Crippen molar-refractivity contribution in [1.82, 2.24) is 0 Å². The molecule has 0 heterocycles. The molecule has 0 fully saturated rings. The second kappa shape index (κ2) is 12.0. The summed E-state index contributed by atoms with van der Waals surface area (Å²) < 4.78 is 13.7. The number of ketones is 1. The van der Waals surface area contributed by atoms with E-state index >= 15 is 0 Å². The summed E-state index contributed by atoms with van der Waals surface area (Å²) in [5.41, 5.74) is 0. The Hall–Kier alpha value is -2.38. The summed E-state index contributed by atoms with van der Waals surface area (Å²) in [6, 6.07) is 21.3. The summed E-state index contributed by atoms with van der Waals surface area (Å²) in [7, 11) is -4.72. The highest BCUT2D eigenvalue weighted by atomic mass is 28.4. The molecule has 1 aliphatic carbocycles. The van der Waals surface area contributed by atoms with Gasteiger partial charge >= 0.3 is 8.32 Å². The van der Waals surface area contributed by atoms with Crippen LogP contribution < -0.4 is 10.4 Å². The minimum absolute atomic E-state index is 0.0857. The zero-order valence-corrected chi connectivity index (χ0v) is 27.9. The number of Topliss-reactive ketones (excluding diaryl/α,β-unsaturated/α-hetero) is 1. The fourth-order valence-corrected chi connectivity index (χ4v) is 10.6. The van der Waals surface area contributed by atoms with Gasteiger partial charge in [0, 0.05) is 6.42 Å². The Morgan fingerprint density at radius 1 is 0.846 bits per heavy atom. The number of benzene rings is 2. The predicted molar refractivity (Wildman–Crippen MR) is 170 cm³/mol. The molecule has 3 rings (SSSR count). The fourth-order valence-electron chi connectivity index (χ4n) is 5.35. The molecule has 5 heteroatoms. The van der Waals surface area contributed by atoms with Gasteiger partial charge in [-0.05, 0) is 63.4 Å². The zero-order chi connectivity index (χ0) is 29.1. The molecule has 1 aliphatic rings. The van der Waals surface area contributed by atoms with E-state index in [1.165, 1.54) is 10.4 Å². The van der Waals surface area contributed by atoms with Crippen molar-refractivity contribution in [3.8, 4) is 0 Å². The van der Waals surface area contributed by atoms with Crippen LogP contribution in [0.15, 0.2) is 84.8 Å². The average Bonchev–Trinajstić information content (AvgIpc) is 3.00. The Labute approximate surface area is 240 Å². The quantitative estimate of drug-likeness (QED) is 0.240. The van der Waals surface area contributed by atoms with Crippen LogP contribution in [-0.4, -0.2) is 22.4 Å². The molecule has 0 spiro atoms. The Bertz CT molecular complexity index is 1110. The molecule has 2 aromatic rings. The third kappa shape index (κ3) is 7.04. The summed E-state index contributed by atoms with van der Waals surface area (Å²) >= 11 is 0. The van der Waals surface area contributed by atoms with E-state index in [0.29, 0.717) is 18.8 Å². The highest BCUT2D eigenvalue weighted by Crippen LogP contribution is 2.41. The number of carbonyl (C=O) groups is 1. The number of carbonyl (C=O) groups excluding carboxylic acids is 1. The van der Waals surface area contributed by atoms with Gasteiger partial charge < -0.3 is 8.85 Å². The Kier molecular flexibility index (Phi) is 9.60.